The van der Waals surface area contributed by atoms with Crippen molar-refractivity contribution in [3.05, 3.63) is 46.8 Å². The molecule has 8 heteroatoms. The number of aryl methyl sites for hydroxylation is 4. The summed E-state index contributed by atoms with van der Waals surface area (Å²) >= 11 is 1.29. The van der Waals surface area contributed by atoms with Crippen molar-refractivity contribution in [3.8, 4) is 5.75 Å². The fraction of sp³-hybridized carbons (Fsp3) is 0.368. The van der Waals surface area contributed by atoms with E-state index in [-0.39, 0.29) is 11.7 Å². The van der Waals surface area contributed by atoms with Gasteiger partial charge in [-0.25, -0.2) is 9.50 Å². The molecule has 0 aliphatic heterocycles. The van der Waals surface area contributed by atoms with E-state index in [4.69, 9.17) is 4.74 Å². The van der Waals surface area contributed by atoms with Gasteiger partial charge in [-0.1, -0.05) is 29.5 Å². The standard InChI is InChI=1S/C19H23N5O2S/c1-12-5-6-16(13(2)9-12)26-8-7-20-17(25)11-27-19-22-18-21-14(3)10-15(4)24(18)23-19/h5-6,9-10H,7-8,11H2,1-4H3,(H,20,25). The number of ether oxygens (including phenoxy) is 1. The lowest BCUT2D eigenvalue weighted by molar-refractivity contribution is -0.118. The Balaban J connectivity index is 1.44. The molecule has 3 aromatic rings. The number of amides is 1. The van der Waals surface area contributed by atoms with Crippen LogP contribution in [0.25, 0.3) is 5.78 Å². The summed E-state index contributed by atoms with van der Waals surface area (Å²) in [6.45, 7) is 8.80. The number of benzene rings is 1. The lowest BCUT2D eigenvalue weighted by Crippen LogP contribution is -2.29. The molecular weight excluding hydrogens is 362 g/mol. The van der Waals surface area contributed by atoms with Crippen LogP contribution in [0.15, 0.2) is 29.4 Å². The van der Waals surface area contributed by atoms with Crippen LogP contribution in [0.5, 0.6) is 5.75 Å². The topological polar surface area (TPSA) is 81.4 Å². The summed E-state index contributed by atoms with van der Waals surface area (Å²) in [5.41, 5.74) is 4.15. The predicted molar refractivity (Wildman–Crippen MR) is 105 cm³/mol. The highest BCUT2D eigenvalue weighted by molar-refractivity contribution is 7.99. The van der Waals surface area contributed by atoms with Crippen molar-refractivity contribution in [2.24, 2.45) is 0 Å². The zero-order valence-electron chi connectivity index (χ0n) is 15.9. The first-order valence-electron chi connectivity index (χ1n) is 8.73. The maximum Gasteiger partial charge on any atom is 0.253 e. The summed E-state index contributed by atoms with van der Waals surface area (Å²) in [6, 6.07) is 7.98. The van der Waals surface area contributed by atoms with E-state index in [1.807, 2.05) is 45.9 Å². The number of rotatable bonds is 7. The van der Waals surface area contributed by atoms with Gasteiger partial charge >= 0.3 is 0 Å². The maximum atomic E-state index is 12.0. The predicted octanol–water partition coefficient (Wildman–Crippen LogP) is 2.65. The Morgan fingerprint density at radius 1 is 1.19 bits per heavy atom. The van der Waals surface area contributed by atoms with Crippen LogP contribution in [0, 0.1) is 27.7 Å². The Morgan fingerprint density at radius 3 is 2.78 bits per heavy atom. The third-order valence-electron chi connectivity index (χ3n) is 3.94. The zero-order chi connectivity index (χ0) is 19.4. The molecule has 2 aromatic heterocycles. The molecule has 27 heavy (non-hydrogen) atoms. The van der Waals surface area contributed by atoms with Gasteiger partial charge in [0.25, 0.3) is 5.78 Å². The van der Waals surface area contributed by atoms with E-state index in [1.54, 1.807) is 4.52 Å². The van der Waals surface area contributed by atoms with E-state index >= 15 is 0 Å². The van der Waals surface area contributed by atoms with Crippen LogP contribution in [0.3, 0.4) is 0 Å². The minimum absolute atomic E-state index is 0.0797. The molecule has 1 N–H and O–H groups in total. The highest BCUT2D eigenvalue weighted by atomic mass is 32.2. The molecule has 0 atom stereocenters. The van der Waals surface area contributed by atoms with Gasteiger partial charge in [0.15, 0.2) is 0 Å². The van der Waals surface area contributed by atoms with Crippen LogP contribution < -0.4 is 10.1 Å². The summed E-state index contributed by atoms with van der Waals surface area (Å²) in [5.74, 6) is 1.57. The molecule has 7 nitrogen and oxygen atoms in total. The monoisotopic (exact) mass is 385 g/mol. The van der Waals surface area contributed by atoms with Gasteiger partial charge in [-0.2, -0.15) is 4.98 Å². The van der Waals surface area contributed by atoms with Crippen molar-refractivity contribution in [1.82, 2.24) is 24.9 Å². The van der Waals surface area contributed by atoms with Gasteiger partial charge in [0.05, 0.1) is 12.3 Å². The zero-order valence-corrected chi connectivity index (χ0v) is 16.8. The second-order valence-electron chi connectivity index (χ2n) is 6.40. The fourth-order valence-electron chi connectivity index (χ4n) is 2.70. The number of hydrogen-bond donors (Lipinski definition) is 1. The van der Waals surface area contributed by atoms with E-state index in [9.17, 15) is 4.79 Å². The largest absolute Gasteiger partial charge is 0.491 e. The Bertz CT molecular complexity index is 970. The average molecular weight is 385 g/mol. The van der Waals surface area contributed by atoms with Gasteiger partial charge in [0.1, 0.15) is 12.4 Å². The molecule has 0 saturated carbocycles. The van der Waals surface area contributed by atoms with E-state index in [1.165, 1.54) is 17.3 Å². The third-order valence-corrected chi connectivity index (χ3v) is 4.78. The number of nitrogens with zero attached hydrogens (tertiary/aromatic N) is 4. The second-order valence-corrected chi connectivity index (χ2v) is 7.34. The molecule has 0 saturated heterocycles. The van der Waals surface area contributed by atoms with E-state index in [0.29, 0.717) is 24.1 Å². The van der Waals surface area contributed by atoms with Crippen LogP contribution in [0.4, 0.5) is 0 Å². The molecule has 0 spiro atoms. The fourth-order valence-corrected chi connectivity index (χ4v) is 3.35. The van der Waals surface area contributed by atoms with Gasteiger partial charge in [-0.05, 0) is 45.4 Å². The Hall–Kier alpha value is -2.61. The first kappa shape index (κ1) is 19.2. The van der Waals surface area contributed by atoms with E-state index in [2.05, 4.69) is 26.4 Å². The quantitative estimate of drug-likeness (QED) is 0.497. The van der Waals surface area contributed by atoms with Crippen molar-refractivity contribution < 1.29 is 9.53 Å². The molecule has 0 aliphatic rings. The number of hydrogen-bond acceptors (Lipinski definition) is 6. The van der Waals surface area contributed by atoms with Crippen LogP contribution in [-0.2, 0) is 4.79 Å². The lowest BCUT2D eigenvalue weighted by atomic mass is 10.1. The average Bonchev–Trinajstić information content (AvgIpc) is 3.01. The van der Waals surface area contributed by atoms with E-state index < -0.39 is 0 Å². The van der Waals surface area contributed by atoms with Crippen LogP contribution >= 0.6 is 11.8 Å². The summed E-state index contributed by atoms with van der Waals surface area (Å²) in [6.07, 6.45) is 0. The molecule has 0 unspecified atom stereocenters. The summed E-state index contributed by atoms with van der Waals surface area (Å²) in [7, 11) is 0. The number of carbonyl (C=O) groups is 1. The Kier molecular flexibility index (Phi) is 5.95. The summed E-state index contributed by atoms with van der Waals surface area (Å²) in [4.78, 5) is 20.7. The number of nitrogens with one attached hydrogen (secondary N) is 1. The van der Waals surface area contributed by atoms with Crippen molar-refractivity contribution in [2.75, 3.05) is 18.9 Å². The van der Waals surface area contributed by atoms with Gasteiger partial charge < -0.3 is 10.1 Å². The van der Waals surface area contributed by atoms with Gasteiger partial charge in [-0.15, -0.1) is 5.10 Å². The highest BCUT2D eigenvalue weighted by Gasteiger charge is 2.10. The van der Waals surface area contributed by atoms with Crippen molar-refractivity contribution in [1.29, 1.82) is 0 Å². The van der Waals surface area contributed by atoms with Crippen LogP contribution in [0.2, 0.25) is 0 Å². The molecule has 1 amide bonds. The second kappa shape index (κ2) is 8.39. The van der Waals surface area contributed by atoms with Crippen molar-refractivity contribution in [3.63, 3.8) is 0 Å². The third kappa shape index (κ3) is 4.97. The lowest BCUT2D eigenvalue weighted by Gasteiger charge is -2.10. The number of fused-ring (bicyclic) bond motifs is 1. The molecule has 0 aliphatic carbocycles. The number of aromatic nitrogens is 4. The Morgan fingerprint density at radius 2 is 2.00 bits per heavy atom. The minimum atomic E-state index is -0.0797. The highest BCUT2D eigenvalue weighted by Crippen LogP contribution is 2.18. The van der Waals surface area contributed by atoms with Crippen LogP contribution in [0.1, 0.15) is 22.5 Å². The molecular formula is C19H23N5O2S. The molecule has 2 heterocycles. The molecule has 0 radical (unpaired) electrons. The SMILES string of the molecule is Cc1ccc(OCCNC(=O)CSc2nc3nc(C)cc(C)n3n2)c(C)c1. The smallest absolute Gasteiger partial charge is 0.253 e. The molecule has 1 aromatic carbocycles. The first-order valence-corrected chi connectivity index (χ1v) is 9.71. The van der Waals surface area contributed by atoms with Gasteiger partial charge in [0, 0.05) is 11.4 Å². The van der Waals surface area contributed by atoms with Gasteiger partial charge in [-0.3, -0.25) is 4.79 Å². The minimum Gasteiger partial charge on any atom is -0.491 e. The number of carbonyl (C=O) groups excluding carboxylic acids is 1. The first-order chi connectivity index (χ1) is 12.9. The van der Waals surface area contributed by atoms with E-state index in [0.717, 1.165) is 22.7 Å². The number of thioether (sulfide) groups is 1. The normalized spacial score (nSPS) is 11.0. The maximum absolute atomic E-state index is 12.0. The van der Waals surface area contributed by atoms with Gasteiger partial charge in [0.2, 0.25) is 11.1 Å². The Labute approximate surface area is 162 Å². The molecule has 3 rings (SSSR count). The van der Waals surface area contributed by atoms with Crippen molar-refractivity contribution >= 4 is 23.4 Å². The molecule has 0 fully saturated rings. The summed E-state index contributed by atoms with van der Waals surface area (Å²) in [5, 5.41) is 7.76. The van der Waals surface area contributed by atoms with Crippen molar-refractivity contribution in [2.45, 2.75) is 32.9 Å². The summed E-state index contributed by atoms with van der Waals surface area (Å²) < 4.78 is 7.40. The molecule has 142 valence electrons. The van der Waals surface area contributed by atoms with Crippen LogP contribution in [-0.4, -0.2) is 44.4 Å². The molecule has 0 bridgehead atoms.